The maximum Gasteiger partial charge on any atom is 0.335 e. The van der Waals surface area contributed by atoms with Gasteiger partial charge in [0, 0.05) is 16.5 Å². The number of benzene rings is 2. The molecule has 0 heterocycles. The Bertz CT molecular complexity index is 614. The van der Waals surface area contributed by atoms with Gasteiger partial charge in [0.2, 0.25) is 0 Å². The number of rotatable bonds is 5. The van der Waals surface area contributed by atoms with Crippen molar-refractivity contribution in [3.8, 4) is 0 Å². The van der Waals surface area contributed by atoms with Crippen molar-refractivity contribution < 1.29 is 14.3 Å². The first-order valence-corrected chi connectivity index (χ1v) is 7.43. The van der Waals surface area contributed by atoms with Gasteiger partial charge in [-0.2, -0.15) is 11.8 Å². The van der Waals surface area contributed by atoms with E-state index in [0.717, 1.165) is 11.6 Å². The number of hydrogen-bond acceptors (Lipinski definition) is 2. The molecule has 1 N–H and O–H groups in total. The quantitative estimate of drug-likeness (QED) is 0.876. The average molecular weight is 311 g/mol. The van der Waals surface area contributed by atoms with Gasteiger partial charge >= 0.3 is 5.97 Å². The zero-order chi connectivity index (χ0) is 14.5. The zero-order valence-electron chi connectivity index (χ0n) is 10.5. The molecule has 2 aromatic carbocycles. The van der Waals surface area contributed by atoms with Crippen LogP contribution in [0.2, 0.25) is 5.02 Å². The zero-order valence-corrected chi connectivity index (χ0v) is 12.0. The maximum atomic E-state index is 13.2. The van der Waals surface area contributed by atoms with Crippen LogP contribution in [0.4, 0.5) is 4.39 Å². The van der Waals surface area contributed by atoms with Gasteiger partial charge in [0.25, 0.3) is 0 Å². The van der Waals surface area contributed by atoms with Gasteiger partial charge in [0.15, 0.2) is 0 Å². The molecule has 0 aliphatic heterocycles. The molecule has 2 nitrogen and oxygen atoms in total. The van der Waals surface area contributed by atoms with Crippen LogP contribution in [0.1, 0.15) is 21.5 Å². The fraction of sp³-hybridized carbons (Fsp3) is 0.133. The molecular formula is C15H12ClFO2S. The van der Waals surface area contributed by atoms with Gasteiger partial charge in [0.1, 0.15) is 5.82 Å². The summed E-state index contributed by atoms with van der Waals surface area (Å²) in [6, 6.07) is 11.2. The Labute approximate surface area is 125 Å². The number of hydrogen-bond donors (Lipinski definition) is 1. The first-order chi connectivity index (χ1) is 9.56. The average Bonchev–Trinajstić information content (AvgIpc) is 2.41. The van der Waals surface area contributed by atoms with E-state index in [2.05, 4.69) is 0 Å². The summed E-state index contributed by atoms with van der Waals surface area (Å²) in [5, 5.41) is 9.73. The van der Waals surface area contributed by atoms with E-state index in [9.17, 15) is 9.18 Å². The summed E-state index contributed by atoms with van der Waals surface area (Å²) in [5.74, 6) is -0.293. The van der Waals surface area contributed by atoms with Gasteiger partial charge < -0.3 is 5.11 Å². The molecule has 0 saturated heterocycles. The molecule has 0 fully saturated rings. The van der Waals surface area contributed by atoms with E-state index in [-0.39, 0.29) is 5.56 Å². The van der Waals surface area contributed by atoms with Crippen LogP contribution in [0.5, 0.6) is 0 Å². The summed E-state index contributed by atoms with van der Waals surface area (Å²) >= 11 is 7.33. The molecule has 0 bridgehead atoms. The van der Waals surface area contributed by atoms with Crippen molar-refractivity contribution in [3.05, 3.63) is 70.0 Å². The minimum Gasteiger partial charge on any atom is -0.478 e. The number of thioether (sulfide) groups is 1. The molecule has 0 unspecified atom stereocenters. The molecule has 2 rings (SSSR count). The van der Waals surface area contributed by atoms with Crippen molar-refractivity contribution >= 4 is 29.3 Å². The third kappa shape index (κ3) is 3.99. The Morgan fingerprint density at radius 1 is 1.15 bits per heavy atom. The van der Waals surface area contributed by atoms with Crippen molar-refractivity contribution in [1.82, 2.24) is 0 Å². The first-order valence-electron chi connectivity index (χ1n) is 5.90. The summed E-state index contributed by atoms with van der Waals surface area (Å²) in [5.41, 5.74) is 1.74. The highest BCUT2D eigenvalue weighted by Crippen LogP contribution is 2.22. The van der Waals surface area contributed by atoms with Crippen molar-refractivity contribution in [2.75, 3.05) is 0 Å². The Morgan fingerprint density at radius 3 is 2.50 bits per heavy atom. The van der Waals surface area contributed by atoms with Crippen LogP contribution in [0, 0.1) is 5.82 Å². The Kier molecular flexibility index (Phi) is 5.04. The SMILES string of the molecule is O=C(O)c1ccc(F)cc1CSCc1ccc(Cl)cc1. The van der Waals surface area contributed by atoms with Gasteiger partial charge in [-0.25, -0.2) is 9.18 Å². The van der Waals surface area contributed by atoms with Crippen LogP contribution in [0.3, 0.4) is 0 Å². The second-order valence-corrected chi connectivity index (χ2v) is 5.65. The molecule has 0 atom stereocenters. The molecule has 104 valence electrons. The summed E-state index contributed by atoms with van der Waals surface area (Å²) < 4.78 is 13.2. The van der Waals surface area contributed by atoms with Crippen LogP contribution in [0.15, 0.2) is 42.5 Å². The van der Waals surface area contributed by atoms with E-state index in [1.54, 1.807) is 0 Å². The highest BCUT2D eigenvalue weighted by Gasteiger charge is 2.10. The lowest BCUT2D eigenvalue weighted by molar-refractivity contribution is 0.0696. The van der Waals surface area contributed by atoms with Crippen LogP contribution in [-0.4, -0.2) is 11.1 Å². The molecule has 20 heavy (non-hydrogen) atoms. The fourth-order valence-electron chi connectivity index (χ4n) is 1.75. The molecule has 0 radical (unpaired) electrons. The minimum absolute atomic E-state index is 0.148. The third-order valence-electron chi connectivity index (χ3n) is 2.74. The topological polar surface area (TPSA) is 37.3 Å². The molecule has 0 aliphatic rings. The van der Waals surface area contributed by atoms with Gasteiger partial charge in [-0.15, -0.1) is 0 Å². The van der Waals surface area contributed by atoms with Crippen molar-refractivity contribution in [2.24, 2.45) is 0 Å². The van der Waals surface area contributed by atoms with E-state index in [1.165, 1.54) is 23.9 Å². The van der Waals surface area contributed by atoms with Crippen molar-refractivity contribution in [2.45, 2.75) is 11.5 Å². The molecule has 5 heteroatoms. The first kappa shape index (κ1) is 14.9. The van der Waals surface area contributed by atoms with Crippen LogP contribution < -0.4 is 0 Å². The van der Waals surface area contributed by atoms with E-state index >= 15 is 0 Å². The van der Waals surface area contributed by atoms with Gasteiger partial charge in [-0.1, -0.05) is 23.7 Å². The lowest BCUT2D eigenvalue weighted by Gasteiger charge is -2.06. The van der Waals surface area contributed by atoms with Crippen molar-refractivity contribution in [3.63, 3.8) is 0 Å². The second kappa shape index (κ2) is 6.77. The molecule has 0 saturated carbocycles. The van der Waals surface area contributed by atoms with Crippen LogP contribution >= 0.6 is 23.4 Å². The molecule has 0 spiro atoms. The molecule has 0 aliphatic carbocycles. The molecule has 2 aromatic rings. The van der Waals surface area contributed by atoms with E-state index in [1.807, 2.05) is 24.3 Å². The highest BCUT2D eigenvalue weighted by molar-refractivity contribution is 7.97. The number of halogens is 2. The summed E-state index contributed by atoms with van der Waals surface area (Å²) in [6.07, 6.45) is 0. The Morgan fingerprint density at radius 2 is 1.85 bits per heavy atom. The van der Waals surface area contributed by atoms with E-state index < -0.39 is 11.8 Å². The van der Waals surface area contributed by atoms with Crippen LogP contribution in [-0.2, 0) is 11.5 Å². The third-order valence-corrected chi connectivity index (χ3v) is 4.04. The van der Waals surface area contributed by atoms with E-state index in [4.69, 9.17) is 16.7 Å². The highest BCUT2D eigenvalue weighted by atomic mass is 35.5. The van der Waals surface area contributed by atoms with Crippen molar-refractivity contribution in [1.29, 1.82) is 0 Å². The predicted molar refractivity (Wildman–Crippen MR) is 79.8 cm³/mol. The monoisotopic (exact) mass is 310 g/mol. The lowest BCUT2D eigenvalue weighted by Crippen LogP contribution is -2.02. The van der Waals surface area contributed by atoms with Crippen LogP contribution in [0.25, 0.3) is 0 Å². The molecule has 0 aromatic heterocycles. The normalized spacial score (nSPS) is 10.5. The minimum atomic E-state index is -1.04. The van der Waals surface area contributed by atoms with Gasteiger partial charge in [-0.05, 0) is 41.5 Å². The lowest BCUT2D eigenvalue weighted by atomic mass is 10.1. The smallest absolute Gasteiger partial charge is 0.335 e. The van der Waals surface area contributed by atoms with Gasteiger partial charge in [-0.3, -0.25) is 0 Å². The Hall–Kier alpha value is -1.52. The summed E-state index contributed by atoms with van der Waals surface area (Å²) in [6.45, 7) is 0. The number of carbonyl (C=O) groups is 1. The van der Waals surface area contributed by atoms with E-state index in [0.29, 0.717) is 22.1 Å². The second-order valence-electron chi connectivity index (χ2n) is 4.23. The molecular weight excluding hydrogens is 299 g/mol. The maximum absolute atomic E-state index is 13.2. The predicted octanol–water partition coefficient (Wildman–Crippen LogP) is 4.61. The fourth-order valence-corrected chi connectivity index (χ4v) is 2.86. The standard InChI is InChI=1S/C15H12ClFO2S/c16-12-3-1-10(2-4-12)8-20-9-11-7-13(17)5-6-14(11)15(18)19/h1-7H,8-9H2,(H,18,19). The summed E-state index contributed by atoms with van der Waals surface area (Å²) in [7, 11) is 0. The number of carboxylic acid groups (broad SMARTS) is 1. The van der Waals surface area contributed by atoms with Gasteiger partial charge in [0.05, 0.1) is 5.56 Å². The summed E-state index contributed by atoms with van der Waals surface area (Å²) in [4.78, 5) is 11.1. The Balaban J connectivity index is 2.02. The number of aromatic carboxylic acids is 1. The molecule has 0 amide bonds. The largest absolute Gasteiger partial charge is 0.478 e. The number of carboxylic acids is 1.